The Balaban J connectivity index is 0.000000723. The maximum Gasteiger partial charge on any atom is 2.00 e. The molecule has 0 aliphatic rings. The van der Waals surface area contributed by atoms with Gasteiger partial charge in [0.15, 0.2) is 0 Å². The molecule has 0 saturated heterocycles. The second kappa shape index (κ2) is 26.1. The molecule has 0 aliphatic heterocycles. The van der Waals surface area contributed by atoms with Crippen LogP contribution in [0.2, 0.25) is 0 Å². The summed E-state index contributed by atoms with van der Waals surface area (Å²) in [5.41, 5.74) is 5.86. The Morgan fingerprint density at radius 1 is 0.528 bits per heavy atom. The predicted octanol–water partition coefficient (Wildman–Crippen LogP) is 8.43. The molecular weight excluding hydrogens is 804 g/mol. The van der Waals surface area contributed by atoms with Gasteiger partial charge in [-0.25, -0.2) is 9.36 Å². The summed E-state index contributed by atoms with van der Waals surface area (Å²) in [7, 11) is -12.0. The van der Waals surface area contributed by atoms with E-state index in [2.05, 4.69) is 30.6 Å². The second-order valence-corrected chi connectivity index (χ2v) is 9.41. The number of nitriles is 2. The summed E-state index contributed by atoms with van der Waals surface area (Å²) in [5.74, 6) is 0. The molecule has 6 aromatic rings. The van der Waals surface area contributed by atoms with Gasteiger partial charge in [-0.1, -0.05) is 83.2 Å². The first-order chi connectivity index (χ1) is 24.7. The summed E-state index contributed by atoms with van der Waals surface area (Å²) in [6, 6.07) is 35.2. The van der Waals surface area contributed by atoms with Crippen LogP contribution < -0.4 is 0 Å². The molecule has 0 bridgehead atoms. The van der Waals surface area contributed by atoms with Crippen molar-refractivity contribution in [1.82, 2.24) is 40.0 Å². The molecule has 0 unspecified atom stereocenters. The fraction of sp³-hybridized carbons (Fsp3) is 0.125. The van der Waals surface area contributed by atoms with Crippen LogP contribution in [0.25, 0.3) is 22.5 Å². The molecule has 2 aromatic carbocycles. The van der Waals surface area contributed by atoms with E-state index in [1.165, 1.54) is 13.8 Å². The normalized spacial score (nSPS) is 9.66. The Kier molecular flexibility index (Phi) is 23.2. The van der Waals surface area contributed by atoms with Gasteiger partial charge in [0.25, 0.3) is 0 Å². The summed E-state index contributed by atoms with van der Waals surface area (Å²) < 4.78 is 81.6. The van der Waals surface area contributed by atoms with Crippen molar-refractivity contribution in [2.24, 2.45) is 0 Å². The number of aromatic nitrogens is 8. The molecule has 0 amide bonds. The molecule has 4 heterocycles. The predicted molar refractivity (Wildman–Crippen MR) is 181 cm³/mol. The van der Waals surface area contributed by atoms with E-state index in [9.17, 15) is 34.5 Å². The average Bonchev–Trinajstić information content (AvgIpc) is 3.76. The maximum atomic E-state index is 9.75. The van der Waals surface area contributed by atoms with Gasteiger partial charge in [0.05, 0.1) is 49.0 Å². The SMILES string of the molecule is CC#N.CC#N.F[B-](F)(F)F.F[B-](F)(F)F.[Pd+2].c1ccc(-c2cn(Cc3ccccn3)nn2)cc1.c1ccc(-c2cn(Cc3ccccn3)nn2)cc1. The van der Waals surface area contributed by atoms with Gasteiger partial charge in [0, 0.05) is 37.4 Å². The van der Waals surface area contributed by atoms with Crippen LogP contribution in [-0.4, -0.2) is 54.5 Å². The third-order valence-electron chi connectivity index (χ3n) is 5.32. The van der Waals surface area contributed by atoms with E-state index in [4.69, 9.17) is 10.5 Å². The van der Waals surface area contributed by atoms with Crippen LogP contribution in [-0.2, 0) is 33.5 Å². The first-order valence-electron chi connectivity index (χ1n) is 14.7. The quantitative estimate of drug-likeness (QED) is 0.121. The first-order valence-corrected chi connectivity index (χ1v) is 14.7. The molecule has 0 atom stereocenters. The molecule has 53 heavy (non-hydrogen) atoms. The molecule has 280 valence electrons. The van der Waals surface area contributed by atoms with E-state index < -0.39 is 14.5 Å². The summed E-state index contributed by atoms with van der Waals surface area (Å²) in [6.07, 6.45) is 7.43. The van der Waals surface area contributed by atoms with Gasteiger partial charge < -0.3 is 34.5 Å². The molecule has 0 spiro atoms. The number of nitrogens with zero attached hydrogens (tertiary/aromatic N) is 10. The summed E-state index contributed by atoms with van der Waals surface area (Å²) in [5, 5.41) is 31.2. The summed E-state index contributed by atoms with van der Waals surface area (Å²) >= 11 is 0. The number of benzene rings is 2. The standard InChI is InChI=1S/2C14H12N4.2C2H3N.2BF4.Pd/c2*1-2-6-12(7-3-1)14-11-18(17-16-14)10-13-8-4-5-9-15-13;2*1-2-3;2*2-1(3,4)5;/h2*1-9,11H,10H2;2*1H3;;;/q;;;;2*-1;+2. The zero-order valence-corrected chi connectivity index (χ0v) is 29.5. The average molecular weight is 835 g/mol. The van der Waals surface area contributed by atoms with E-state index >= 15 is 0 Å². The van der Waals surface area contributed by atoms with Crippen molar-refractivity contribution in [2.45, 2.75) is 26.9 Å². The van der Waals surface area contributed by atoms with Crippen molar-refractivity contribution in [3.63, 3.8) is 0 Å². The first kappa shape index (κ1) is 47.2. The fourth-order valence-electron chi connectivity index (χ4n) is 3.55. The second-order valence-electron chi connectivity index (χ2n) is 9.41. The number of halogens is 8. The molecule has 0 N–H and O–H groups in total. The van der Waals surface area contributed by atoms with Crippen LogP contribution in [0.5, 0.6) is 0 Å². The van der Waals surface area contributed by atoms with Crippen molar-refractivity contribution in [1.29, 1.82) is 10.5 Å². The molecular formula is C32H30B2F8N10Pd. The van der Waals surface area contributed by atoms with Gasteiger partial charge in [-0.3, -0.25) is 9.97 Å². The minimum absolute atomic E-state index is 0. The molecule has 0 radical (unpaired) electrons. The Hall–Kier alpha value is -5.77. The van der Waals surface area contributed by atoms with Crippen molar-refractivity contribution >= 4 is 14.5 Å². The number of pyridine rings is 2. The van der Waals surface area contributed by atoms with Crippen LogP contribution in [0, 0.1) is 22.7 Å². The molecule has 6 rings (SSSR count). The Morgan fingerprint density at radius 2 is 0.811 bits per heavy atom. The topological polar surface area (TPSA) is 135 Å². The molecule has 0 fully saturated rings. The zero-order chi connectivity index (χ0) is 38.8. The Labute approximate surface area is 314 Å². The van der Waals surface area contributed by atoms with Crippen LogP contribution in [0.15, 0.2) is 122 Å². The Bertz CT molecular complexity index is 1740. The van der Waals surface area contributed by atoms with E-state index in [1.807, 2.05) is 109 Å². The number of hydrogen-bond acceptors (Lipinski definition) is 8. The van der Waals surface area contributed by atoms with E-state index in [0.717, 1.165) is 33.9 Å². The van der Waals surface area contributed by atoms with Gasteiger partial charge in [-0.2, -0.15) is 10.5 Å². The van der Waals surface area contributed by atoms with E-state index in [-0.39, 0.29) is 20.4 Å². The van der Waals surface area contributed by atoms with Gasteiger partial charge in [-0.15, -0.1) is 10.2 Å². The zero-order valence-electron chi connectivity index (χ0n) is 27.9. The molecule has 0 saturated carbocycles. The number of hydrogen-bond donors (Lipinski definition) is 0. The molecule has 4 aromatic heterocycles. The van der Waals surface area contributed by atoms with Crippen molar-refractivity contribution in [3.8, 4) is 34.7 Å². The summed E-state index contributed by atoms with van der Waals surface area (Å²) in [4.78, 5) is 8.53. The van der Waals surface area contributed by atoms with Crippen LogP contribution in [0.4, 0.5) is 34.5 Å². The minimum Gasteiger partial charge on any atom is -0.418 e. The maximum absolute atomic E-state index is 9.75. The Morgan fingerprint density at radius 3 is 1.08 bits per heavy atom. The van der Waals surface area contributed by atoms with Gasteiger partial charge in [0.2, 0.25) is 0 Å². The van der Waals surface area contributed by atoms with Crippen molar-refractivity contribution in [3.05, 3.63) is 133 Å². The molecule has 21 heteroatoms. The smallest absolute Gasteiger partial charge is 0.418 e. The molecule has 10 nitrogen and oxygen atoms in total. The number of rotatable bonds is 6. The van der Waals surface area contributed by atoms with Gasteiger partial charge in [0.1, 0.15) is 11.4 Å². The fourth-order valence-corrected chi connectivity index (χ4v) is 3.55. The molecule has 0 aliphatic carbocycles. The minimum atomic E-state index is -6.00. The summed E-state index contributed by atoms with van der Waals surface area (Å²) in [6.45, 7) is 4.14. The largest absolute Gasteiger partial charge is 2.00 e. The van der Waals surface area contributed by atoms with Gasteiger partial charge >= 0.3 is 34.9 Å². The van der Waals surface area contributed by atoms with E-state index in [0.29, 0.717) is 13.1 Å². The van der Waals surface area contributed by atoms with Gasteiger partial charge in [-0.05, 0) is 24.3 Å². The van der Waals surface area contributed by atoms with Crippen LogP contribution in [0.1, 0.15) is 25.2 Å². The van der Waals surface area contributed by atoms with Crippen LogP contribution in [0.3, 0.4) is 0 Å². The van der Waals surface area contributed by atoms with Crippen LogP contribution >= 0.6 is 0 Å². The monoisotopic (exact) mass is 834 g/mol. The van der Waals surface area contributed by atoms with Crippen molar-refractivity contribution in [2.75, 3.05) is 0 Å². The van der Waals surface area contributed by atoms with E-state index in [1.54, 1.807) is 33.9 Å². The third-order valence-corrected chi connectivity index (χ3v) is 5.32. The third kappa shape index (κ3) is 24.9. The van der Waals surface area contributed by atoms with Crippen molar-refractivity contribution < 1.29 is 54.9 Å².